The van der Waals surface area contributed by atoms with Crippen LogP contribution >= 0.6 is 0 Å². The zero-order chi connectivity index (χ0) is 21.0. The second-order valence-corrected chi connectivity index (χ2v) is 7.21. The number of furan rings is 1. The van der Waals surface area contributed by atoms with Crippen molar-refractivity contribution in [3.63, 3.8) is 0 Å². The largest absolute Gasteiger partial charge is 0.461 e. The van der Waals surface area contributed by atoms with Gasteiger partial charge in [-0.1, -0.05) is 13.8 Å². The molecule has 0 aromatic carbocycles. The number of rotatable bonds is 8. The van der Waals surface area contributed by atoms with Gasteiger partial charge in [0.05, 0.1) is 18.9 Å². The number of nitrogens with zero attached hydrogens (tertiary/aromatic N) is 1. The highest BCUT2D eigenvalue weighted by atomic mass is 16.5. The van der Waals surface area contributed by atoms with Gasteiger partial charge in [0.2, 0.25) is 0 Å². The minimum absolute atomic E-state index is 0.165. The lowest BCUT2D eigenvalue weighted by Gasteiger charge is -2.29. The summed E-state index contributed by atoms with van der Waals surface area (Å²) < 4.78 is 10.3. The van der Waals surface area contributed by atoms with E-state index in [1.807, 2.05) is 13.8 Å². The lowest BCUT2D eigenvalue weighted by molar-refractivity contribution is 0.0518. The summed E-state index contributed by atoms with van der Waals surface area (Å²) in [7, 11) is 0. The van der Waals surface area contributed by atoms with Crippen LogP contribution in [0.15, 0.2) is 22.8 Å². The molecular weight excluding hydrogens is 360 g/mol. The summed E-state index contributed by atoms with van der Waals surface area (Å²) in [6.45, 7) is 11.5. The van der Waals surface area contributed by atoms with Crippen LogP contribution in [0.25, 0.3) is 0 Å². The number of amides is 1. The van der Waals surface area contributed by atoms with E-state index in [0.29, 0.717) is 23.4 Å². The van der Waals surface area contributed by atoms with Crippen molar-refractivity contribution in [2.24, 2.45) is 5.92 Å². The Morgan fingerprint density at radius 3 is 2.43 bits per heavy atom. The third-order valence-electron chi connectivity index (χ3n) is 4.57. The molecule has 0 radical (unpaired) electrons. The van der Waals surface area contributed by atoms with Crippen molar-refractivity contribution in [3.8, 4) is 0 Å². The van der Waals surface area contributed by atoms with E-state index >= 15 is 0 Å². The summed E-state index contributed by atoms with van der Waals surface area (Å²) in [5.41, 5.74) is 1.79. The van der Waals surface area contributed by atoms with Gasteiger partial charge in [-0.25, -0.2) is 4.79 Å². The fourth-order valence-corrected chi connectivity index (χ4v) is 3.23. The lowest BCUT2D eigenvalue weighted by Crippen LogP contribution is -2.45. The number of nitrogens with one attached hydrogen (secondary N) is 1. The summed E-state index contributed by atoms with van der Waals surface area (Å²) >= 11 is 0. The first-order valence-electron chi connectivity index (χ1n) is 9.43. The summed E-state index contributed by atoms with van der Waals surface area (Å²) in [5.74, 6) is -0.716. The summed E-state index contributed by atoms with van der Waals surface area (Å²) in [4.78, 5) is 42.8. The molecule has 2 rings (SSSR count). The van der Waals surface area contributed by atoms with Crippen LogP contribution in [-0.2, 0) is 4.74 Å². The topological polar surface area (TPSA) is 92.6 Å². The number of esters is 1. The molecule has 0 saturated heterocycles. The first kappa shape index (κ1) is 21.5. The first-order chi connectivity index (χ1) is 13.2. The summed E-state index contributed by atoms with van der Waals surface area (Å²) in [6.07, 6.45) is 1.43. The highest BCUT2D eigenvalue weighted by molar-refractivity contribution is 6.07. The van der Waals surface area contributed by atoms with Crippen LogP contribution in [0, 0.1) is 19.8 Å². The van der Waals surface area contributed by atoms with Gasteiger partial charge in [0, 0.05) is 17.8 Å². The number of aromatic amines is 1. The van der Waals surface area contributed by atoms with E-state index in [0.717, 1.165) is 0 Å². The number of ether oxygens (including phenoxy) is 1. The van der Waals surface area contributed by atoms with Crippen molar-refractivity contribution >= 4 is 17.7 Å². The van der Waals surface area contributed by atoms with E-state index in [9.17, 15) is 14.4 Å². The van der Waals surface area contributed by atoms with Crippen LogP contribution < -0.4 is 0 Å². The Morgan fingerprint density at radius 2 is 1.89 bits per heavy atom. The molecule has 7 nitrogen and oxygen atoms in total. The average Bonchev–Trinajstić information content (AvgIpc) is 3.26. The molecule has 1 amide bonds. The normalized spacial score (nSPS) is 12.1. The highest BCUT2D eigenvalue weighted by Gasteiger charge is 2.32. The standard InChI is InChI=1S/C21H28N2O5/c1-7-27-21(26)18-13(4)17(14(5)22-18)19(24)15(6)23(11-12(2)3)20(25)16-9-8-10-28-16/h8-10,12,15,22H,7,11H2,1-6H3/t15-/m1/s1. The summed E-state index contributed by atoms with van der Waals surface area (Å²) in [6, 6.07) is 2.50. The quantitative estimate of drug-likeness (QED) is 0.549. The number of hydrogen-bond acceptors (Lipinski definition) is 5. The Balaban J connectivity index is 2.37. The van der Waals surface area contributed by atoms with Gasteiger partial charge in [-0.2, -0.15) is 0 Å². The Morgan fingerprint density at radius 1 is 1.21 bits per heavy atom. The molecule has 7 heteroatoms. The minimum Gasteiger partial charge on any atom is -0.461 e. The fraction of sp³-hybridized carbons (Fsp3) is 0.476. The van der Waals surface area contributed by atoms with E-state index < -0.39 is 12.0 Å². The molecule has 2 aromatic rings. The van der Waals surface area contributed by atoms with E-state index in [2.05, 4.69) is 4.98 Å². The Kier molecular flexibility index (Phi) is 6.83. The molecule has 152 valence electrons. The van der Waals surface area contributed by atoms with E-state index in [-0.39, 0.29) is 35.7 Å². The molecule has 28 heavy (non-hydrogen) atoms. The number of aromatic nitrogens is 1. The second kappa shape index (κ2) is 8.91. The smallest absolute Gasteiger partial charge is 0.355 e. The van der Waals surface area contributed by atoms with Crippen molar-refractivity contribution in [3.05, 3.63) is 46.7 Å². The first-order valence-corrected chi connectivity index (χ1v) is 9.43. The van der Waals surface area contributed by atoms with Crippen molar-refractivity contribution in [1.82, 2.24) is 9.88 Å². The zero-order valence-corrected chi connectivity index (χ0v) is 17.3. The number of Topliss-reactive ketones (excluding diaryl/α,β-unsaturated/α-hetero) is 1. The number of aryl methyl sites for hydroxylation is 1. The van der Waals surface area contributed by atoms with Crippen molar-refractivity contribution in [1.29, 1.82) is 0 Å². The third kappa shape index (κ3) is 4.35. The van der Waals surface area contributed by atoms with Gasteiger partial charge in [-0.3, -0.25) is 9.59 Å². The van der Waals surface area contributed by atoms with E-state index in [4.69, 9.17) is 9.15 Å². The van der Waals surface area contributed by atoms with Gasteiger partial charge in [0.25, 0.3) is 5.91 Å². The maximum Gasteiger partial charge on any atom is 0.355 e. The molecule has 0 unspecified atom stereocenters. The third-order valence-corrected chi connectivity index (χ3v) is 4.57. The molecule has 0 saturated carbocycles. The van der Waals surface area contributed by atoms with Crippen LogP contribution in [0.5, 0.6) is 0 Å². The maximum absolute atomic E-state index is 13.3. The van der Waals surface area contributed by atoms with Crippen LogP contribution in [-0.4, -0.2) is 46.7 Å². The number of carbonyl (C=O) groups excluding carboxylic acids is 3. The van der Waals surface area contributed by atoms with E-state index in [1.165, 1.54) is 11.2 Å². The van der Waals surface area contributed by atoms with Gasteiger partial charge >= 0.3 is 5.97 Å². The molecule has 0 aliphatic heterocycles. The van der Waals surface area contributed by atoms with Gasteiger partial charge in [0.15, 0.2) is 11.5 Å². The summed E-state index contributed by atoms with van der Waals surface area (Å²) in [5, 5.41) is 0. The molecule has 0 aliphatic rings. The Labute approximate surface area is 165 Å². The maximum atomic E-state index is 13.3. The van der Waals surface area contributed by atoms with Crippen LogP contribution in [0.4, 0.5) is 0 Å². The predicted molar refractivity (Wildman–Crippen MR) is 105 cm³/mol. The average molecular weight is 388 g/mol. The second-order valence-electron chi connectivity index (χ2n) is 7.21. The highest BCUT2D eigenvalue weighted by Crippen LogP contribution is 2.23. The van der Waals surface area contributed by atoms with Crippen LogP contribution in [0.1, 0.15) is 70.4 Å². The molecule has 0 bridgehead atoms. The molecular formula is C21H28N2O5. The molecule has 0 spiro atoms. The van der Waals surface area contributed by atoms with Gasteiger partial charge in [-0.15, -0.1) is 0 Å². The molecule has 1 atom stereocenters. The van der Waals surface area contributed by atoms with Crippen molar-refractivity contribution < 1.29 is 23.5 Å². The van der Waals surface area contributed by atoms with Crippen molar-refractivity contribution in [2.45, 2.75) is 47.6 Å². The van der Waals surface area contributed by atoms with Gasteiger partial charge in [-0.05, 0) is 51.3 Å². The lowest BCUT2D eigenvalue weighted by atomic mass is 9.99. The fourth-order valence-electron chi connectivity index (χ4n) is 3.23. The van der Waals surface area contributed by atoms with Gasteiger partial charge in [0.1, 0.15) is 5.69 Å². The van der Waals surface area contributed by atoms with Crippen molar-refractivity contribution in [2.75, 3.05) is 13.2 Å². The number of carbonyl (C=O) groups is 3. The number of ketones is 1. The molecule has 0 aliphatic carbocycles. The Hall–Kier alpha value is -2.83. The van der Waals surface area contributed by atoms with Gasteiger partial charge < -0.3 is 19.0 Å². The molecule has 1 N–H and O–H groups in total. The molecule has 0 fully saturated rings. The monoisotopic (exact) mass is 388 g/mol. The van der Waals surface area contributed by atoms with Crippen LogP contribution in [0.2, 0.25) is 0 Å². The Bertz CT molecular complexity index is 849. The number of H-pyrrole nitrogens is 1. The molecule has 2 aromatic heterocycles. The molecule has 2 heterocycles. The number of hydrogen-bond donors (Lipinski definition) is 1. The minimum atomic E-state index is -0.719. The SMILES string of the molecule is CCOC(=O)c1[nH]c(C)c(C(=O)[C@@H](C)N(CC(C)C)C(=O)c2ccco2)c1C. The van der Waals surface area contributed by atoms with Crippen LogP contribution in [0.3, 0.4) is 0 Å². The predicted octanol–water partition coefficient (Wildman–Crippen LogP) is 3.77. The van der Waals surface area contributed by atoms with E-state index in [1.54, 1.807) is 39.8 Å². The zero-order valence-electron chi connectivity index (χ0n) is 17.3.